The molecule has 128 valence electrons. The molecule has 0 unspecified atom stereocenters. The molecule has 2 amide bonds. The molecule has 0 aliphatic rings. The van der Waals surface area contributed by atoms with E-state index in [0.717, 1.165) is 11.1 Å². The van der Waals surface area contributed by atoms with E-state index in [2.05, 4.69) is 15.3 Å². The van der Waals surface area contributed by atoms with Gasteiger partial charge in [0.2, 0.25) is 5.91 Å². The van der Waals surface area contributed by atoms with Gasteiger partial charge in [-0.3, -0.25) is 9.59 Å². The highest BCUT2D eigenvalue weighted by atomic mass is 32.1. The second-order valence-electron chi connectivity index (χ2n) is 6.15. The van der Waals surface area contributed by atoms with E-state index in [0.29, 0.717) is 16.5 Å². The summed E-state index contributed by atoms with van der Waals surface area (Å²) in [6.07, 6.45) is 1.66. The van der Waals surface area contributed by atoms with E-state index >= 15 is 0 Å². The average Bonchev–Trinajstić information content (AvgIpc) is 3.24. The molecule has 6 nitrogen and oxygen atoms in total. The zero-order valence-corrected chi connectivity index (χ0v) is 14.7. The van der Waals surface area contributed by atoms with Crippen LogP contribution in [0.15, 0.2) is 48.0 Å². The average molecular weight is 354 g/mol. The molecule has 3 aromatic rings. The number of nitrogens with two attached hydrogens (primary N) is 1. The predicted octanol–water partition coefficient (Wildman–Crippen LogP) is 3.15. The first-order valence-electron chi connectivity index (χ1n) is 7.69. The zero-order chi connectivity index (χ0) is 18.0. The summed E-state index contributed by atoms with van der Waals surface area (Å²) in [5.41, 5.74) is 7.22. The number of thiazole rings is 1. The van der Waals surface area contributed by atoms with Crippen molar-refractivity contribution in [1.29, 1.82) is 0 Å². The number of nitrogens with zero attached hydrogens (tertiary/aromatic N) is 1. The molecule has 0 spiro atoms. The van der Waals surface area contributed by atoms with Crippen LogP contribution in [0.4, 0.5) is 5.13 Å². The predicted molar refractivity (Wildman–Crippen MR) is 98.5 cm³/mol. The van der Waals surface area contributed by atoms with Crippen molar-refractivity contribution < 1.29 is 9.59 Å². The van der Waals surface area contributed by atoms with E-state index in [1.54, 1.807) is 12.3 Å². The second-order valence-corrected chi connectivity index (χ2v) is 7.01. The summed E-state index contributed by atoms with van der Waals surface area (Å²) >= 11 is 1.33. The topological polar surface area (TPSA) is 101 Å². The highest BCUT2D eigenvalue weighted by molar-refractivity contribution is 7.14. The zero-order valence-electron chi connectivity index (χ0n) is 13.9. The Labute approximate surface area is 149 Å². The summed E-state index contributed by atoms with van der Waals surface area (Å²) in [6.45, 7) is 3.74. The first-order chi connectivity index (χ1) is 11.9. The Bertz CT molecular complexity index is 912. The third-order valence-electron chi connectivity index (χ3n) is 4.03. The molecule has 0 aliphatic carbocycles. The van der Waals surface area contributed by atoms with Gasteiger partial charge in [0.25, 0.3) is 5.91 Å². The summed E-state index contributed by atoms with van der Waals surface area (Å²) in [4.78, 5) is 31.0. The van der Waals surface area contributed by atoms with E-state index < -0.39 is 11.3 Å². The third-order valence-corrected chi connectivity index (χ3v) is 4.79. The van der Waals surface area contributed by atoms with E-state index in [4.69, 9.17) is 5.73 Å². The number of aromatic nitrogens is 2. The summed E-state index contributed by atoms with van der Waals surface area (Å²) < 4.78 is 0. The van der Waals surface area contributed by atoms with Gasteiger partial charge >= 0.3 is 0 Å². The van der Waals surface area contributed by atoms with E-state index in [1.165, 1.54) is 11.3 Å². The van der Waals surface area contributed by atoms with Crippen molar-refractivity contribution in [3.8, 4) is 11.3 Å². The van der Waals surface area contributed by atoms with E-state index in [-0.39, 0.29) is 5.91 Å². The van der Waals surface area contributed by atoms with Crippen molar-refractivity contribution in [1.82, 2.24) is 9.97 Å². The lowest BCUT2D eigenvalue weighted by molar-refractivity contribution is -0.120. The Hall–Kier alpha value is -2.93. The number of H-pyrrole nitrogens is 1. The second kappa shape index (κ2) is 6.52. The van der Waals surface area contributed by atoms with Crippen LogP contribution in [0.3, 0.4) is 0 Å². The quantitative estimate of drug-likeness (QED) is 0.656. The van der Waals surface area contributed by atoms with Crippen LogP contribution < -0.4 is 11.1 Å². The molecule has 0 atom stereocenters. The molecule has 1 aromatic carbocycles. The number of carbonyl (C=O) groups is 2. The van der Waals surface area contributed by atoms with Gasteiger partial charge in [-0.05, 0) is 25.5 Å². The highest BCUT2D eigenvalue weighted by Crippen LogP contribution is 2.28. The molecule has 0 saturated heterocycles. The van der Waals surface area contributed by atoms with Gasteiger partial charge in [-0.25, -0.2) is 4.98 Å². The van der Waals surface area contributed by atoms with Crippen LogP contribution in [0.5, 0.6) is 0 Å². The molecule has 2 aromatic heterocycles. The summed E-state index contributed by atoms with van der Waals surface area (Å²) in [5, 5.41) is 5.19. The molecule has 0 aliphatic heterocycles. The molecular weight excluding hydrogens is 336 g/mol. The molecule has 7 heteroatoms. The molecule has 0 saturated carbocycles. The Balaban J connectivity index is 1.76. The van der Waals surface area contributed by atoms with Gasteiger partial charge in [0.1, 0.15) is 5.69 Å². The Morgan fingerprint density at radius 1 is 1.24 bits per heavy atom. The number of hydrogen-bond donors (Lipinski definition) is 3. The molecular formula is C18H18N4O2S. The van der Waals surface area contributed by atoms with E-state index in [1.807, 2.05) is 49.6 Å². The van der Waals surface area contributed by atoms with Crippen LogP contribution in [-0.2, 0) is 10.2 Å². The maximum absolute atomic E-state index is 12.7. The molecule has 0 radical (unpaired) electrons. The standard InChI is InChI=1S/C18H18N4O2S/c1-18(2,12-6-4-3-5-7-12)16(24)22-17-21-14(10-25-17)11-8-13(15(19)23)20-9-11/h3-10,20H,1-2H3,(H2,19,23)(H,21,22,24). The number of rotatable bonds is 5. The number of anilines is 1. The van der Waals surface area contributed by atoms with Crippen molar-refractivity contribution in [2.24, 2.45) is 5.73 Å². The minimum absolute atomic E-state index is 0.133. The molecule has 2 heterocycles. The van der Waals surface area contributed by atoms with Crippen LogP contribution in [-0.4, -0.2) is 21.8 Å². The van der Waals surface area contributed by atoms with Gasteiger partial charge < -0.3 is 16.0 Å². The van der Waals surface area contributed by atoms with Crippen LogP contribution >= 0.6 is 11.3 Å². The van der Waals surface area contributed by atoms with Crippen LogP contribution in [0, 0.1) is 0 Å². The lowest BCUT2D eigenvalue weighted by atomic mass is 9.84. The monoisotopic (exact) mass is 354 g/mol. The summed E-state index contributed by atoms with van der Waals surface area (Å²) in [6, 6.07) is 11.2. The van der Waals surface area contributed by atoms with Crippen molar-refractivity contribution in [3.63, 3.8) is 0 Å². The number of benzene rings is 1. The molecule has 4 N–H and O–H groups in total. The number of hydrogen-bond acceptors (Lipinski definition) is 4. The summed E-state index contributed by atoms with van der Waals surface area (Å²) in [7, 11) is 0. The van der Waals surface area contributed by atoms with E-state index in [9.17, 15) is 9.59 Å². The van der Waals surface area contributed by atoms with Crippen molar-refractivity contribution in [2.75, 3.05) is 5.32 Å². The number of aromatic amines is 1. The van der Waals surface area contributed by atoms with Gasteiger partial charge in [0.15, 0.2) is 5.13 Å². The largest absolute Gasteiger partial charge is 0.364 e. The minimum Gasteiger partial charge on any atom is -0.364 e. The Kier molecular flexibility index (Phi) is 4.41. The lowest BCUT2D eigenvalue weighted by Crippen LogP contribution is -2.34. The fourth-order valence-electron chi connectivity index (χ4n) is 2.39. The maximum atomic E-state index is 12.7. The number of primary amides is 1. The van der Waals surface area contributed by atoms with Crippen LogP contribution in [0.25, 0.3) is 11.3 Å². The van der Waals surface area contributed by atoms with Crippen LogP contribution in [0.2, 0.25) is 0 Å². The molecule has 3 rings (SSSR count). The lowest BCUT2D eigenvalue weighted by Gasteiger charge is -2.23. The minimum atomic E-state index is -0.680. The Morgan fingerprint density at radius 3 is 2.60 bits per heavy atom. The first-order valence-corrected chi connectivity index (χ1v) is 8.57. The molecule has 0 fully saturated rings. The fourth-order valence-corrected chi connectivity index (χ4v) is 3.10. The SMILES string of the molecule is CC(C)(C(=O)Nc1nc(-c2c[nH]c(C(N)=O)c2)cs1)c1ccccc1. The van der Waals surface area contributed by atoms with Gasteiger partial charge in [0.05, 0.1) is 11.1 Å². The Morgan fingerprint density at radius 2 is 1.96 bits per heavy atom. The maximum Gasteiger partial charge on any atom is 0.265 e. The third kappa shape index (κ3) is 3.46. The van der Waals surface area contributed by atoms with Crippen molar-refractivity contribution in [3.05, 3.63) is 59.2 Å². The fraction of sp³-hybridized carbons (Fsp3) is 0.167. The number of carbonyl (C=O) groups excluding carboxylic acids is 2. The van der Waals surface area contributed by atoms with Crippen molar-refractivity contribution in [2.45, 2.75) is 19.3 Å². The van der Waals surface area contributed by atoms with Gasteiger partial charge in [-0.2, -0.15) is 0 Å². The summed E-state index contributed by atoms with van der Waals surface area (Å²) in [5.74, 6) is -0.661. The number of nitrogens with one attached hydrogen (secondary N) is 2. The van der Waals surface area contributed by atoms with Crippen LogP contribution in [0.1, 0.15) is 29.9 Å². The van der Waals surface area contributed by atoms with Gasteiger partial charge in [-0.15, -0.1) is 11.3 Å². The molecule has 25 heavy (non-hydrogen) atoms. The van der Waals surface area contributed by atoms with Gasteiger partial charge in [-0.1, -0.05) is 30.3 Å². The smallest absolute Gasteiger partial charge is 0.265 e. The highest BCUT2D eigenvalue weighted by Gasteiger charge is 2.30. The van der Waals surface area contributed by atoms with Crippen molar-refractivity contribution >= 4 is 28.3 Å². The normalized spacial score (nSPS) is 11.3. The molecule has 0 bridgehead atoms. The van der Waals surface area contributed by atoms with Gasteiger partial charge in [0, 0.05) is 17.1 Å². The number of amides is 2. The first kappa shape index (κ1) is 16.9.